The van der Waals surface area contributed by atoms with Gasteiger partial charge in [0.25, 0.3) is 11.1 Å². The van der Waals surface area contributed by atoms with Crippen LogP contribution in [0.3, 0.4) is 0 Å². The molecule has 0 atom stereocenters. The number of hydrogen-bond acceptors (Lipinski definition) is 5. The van der Waals surface area contributed by atoms with Crippen molar-refractivity contribution < 1.29 is 14.0 Å². The zero-order valence-corrected chi connectivity index (χ0v) is 14.7. The van der Waals surface area contributed by atoms with Crippen LogP contribution in [0.25, 0.3) is 11.1 Å². The van der Waals surface area contributed by atoms with Crippen LogP contribution < -0.4 is 5.32 Å². The number of fused-ring (bicyclic) bond motifs is 1. The van der Waals surface area contributed by atoms with Gasteiger partial charge in [0, 0.05) is 25.3 Å². The van der Waals surface area contributed by atoms with Gasteiger partial charge >= 0.3 is 0 Å². The Balaban J connectivity index is 1.56. The predicted molar refractivity (Wildman–Crippen MR) is 97.8 cm³/mol. The highest BCUT2D eigenvalue weighted by Gasteiger charge is 2.11. The number of hydrogen-bond donors (Lipinski definition) is 1. The normalized spacial score (nSPS) is 10.6. The molecule has 1 N–H and O–H groups in total. The summed E-state index contributed by atoms with van der Waals surface area (Å²) in [5.74, 6) is -0.0612. The SMILES string of the molecule is CN(C)C(=O)c1ccc(NC(=O)CSc2nc3ccccc3o2)cc1. The molecule has 0 aliphatic rings. The maximum Gasteiger partial charge on any atom is 0.257 e. The van der Waals surface area contributed by atoms with Crippen molar-refractivity contribution in [2.75, 3.05) is 25.2 Å². The van der Waals surface area contributed by atoms with Crippen LogP contribution in [0.4, 0.5) is 5.69 Å². The van der Waals surface area contributed by atoms with Crippen LogP contribution in [0, 0.1) is 0 Å². The Morgan fingerprint density at radius 2 is 1.84 bits per heavy atom. The molecule has 1 heterocycles. The molecule has 0 unspecified atom stereocenters. The van der Waals surface area contributed by atoms with E-state index >= 15 is 0 Å². The van der Waals surface area contributed by atoms with Crippen molar-refractivity contribution in [3.8, 4) is 0 Å². The van der Waals surface area contributed by atoms with Gasteiger partial charge in [-0.05, 0) is 36.4 Å². The van der Waals surface area contributed by atoms with Crippen LogP contribution in [0.5, 0.6) is 0 Å². The van der Waals surface area contributed by atoms with Crippen LogP contribution in [-0.4, -0.2) is 41.5 Å². The molecule has 6 nitrogen and oxygen atoms in total. The van der Waals surface area contributed by atoms with Gasteiger partial charge in [-0.25, -0.2) is 4.98 Å². The van der Waals surface area contributed by atoms with E-state index in [1.807, 2.05) is 24.3 Å². The van der Waals surface area contributed by atoms with Gasteiger partial charge in [0.15, 0.2) is 5.58 Å². The molecule has 3 rings (SSSR count). The molecular formula is C18H17N3O3S. The first-order valence-corrected chi connectivity index (χ1v) is 8.61. The summed E-state index contributed by atoms with van der Waals surface area (Å²) < 4.78 is 5.56. The summed E-state index contributed by atoms with van der Waals surface area (Å²) in [7, 11) is 3.39. The summed E-state index contributed by atoms with van der Waals surface area (Å²) in [5.41, 5.74) is 2.68. The van der Waals surface area contributed by atoms with Crippen LogP contribution >= 0.6 is 11.8 Å². The van der Waals surface area contributed by atoms with E-state index in [0.29, 0.717) is 22.1 Å². The van der Waals surface area contributed by atoms with E-state index in [1.54, 1.807) is 38.4 Å². The monoisotopic (exact) mass is 355 g/mol. The number of aromatic nitrogens is 1. The summed E-state index contributed by atoms with van der Waals surface area (Å²) >= 11 is 1.23. The maximum atomic E-state index is 12.1. The molecule has 1 aromatic heterocycles. The molecule has 2 aromatic carbocycles. The average molecular weight is 355 g/mol. The number of thioether (sulfide) groups is 1. The number of oxazole rings is 1. The smallest absolute Gasteiger partial charge is 0.257 e. The lowest BCUT2D eigenvalue weighted by Gasteiger charge is -2.10. The van der Waals surface area contributed by atoms with Crippen molar-refractivity contribution in [1.82, 2.24) is 9.88 Å². The fourth-order valence-corrected chi connectivity index (χ4v) is 2.83. The summed E-state index contributed by atoms with van der Waals surface area (Å²) in [5, 5.41) is 3.25. The van der Waals surface area contributed by atoms with Crippen LogP contribution in [-0.2, 0) is 4.79 Å². The molecule has 0 saturated carbocycles. The van der Waals surface area contributed by atoms with Crippen molar-refractivity contribution >= 4 is 40.4 Å². The van der Waals surface area contributed by atoms with Gasteiger partial charge in [0.2, 0.25) is 5.91 Å². The first kappa shape index (κ1) is 17.0. The van der Waals surface area contributed by atoms with E-state index in [0.717, 1.165) is 5.52 Å². The lowest BCUT2D eigenvalue weighted by Crippen LogP contribution is -2.21. The largest absolute Gasteiger partial charge is 0.431 e. The molecule has 0 bridgehead atoms. The number of benzene rings is 2. The van der Waals surface area contributed by atoms with Crippen molar-refractivity contribution in [3.05, 3.63) is 54.1 Å². The summed E-state index contributed by atoms with van der Waals surface area (Å²) in [4.78, 5) is 29.7. The first-order valence-electron chi connectivity index (χ1n) is 7.63. The predicted octanol–water partition coefficient (Wildman–Crippen LogP) is 3.26. The van der Waals surface area contributed by atoms with Gasteiger partial charge < -0.3 is 14.6 Å². The minimum atomic E-state index is -0.168. The number of carbonyl (C=O) groups is 2. The van der Waals surface area contributed by atoms with Crippen LogP contribution in [0.2, 0.25) is 0 Å². The van der Waals surface area contributed by atoms with Gasteiger partial charge in [-0.1, -0.05) is 23.9 Å². The molecule has 0 radical (unpaired) electrons. The fourth-order valence-electron chi connectivity index (χ4n) is 2.19. The number of nitrogens with zero attached hydrogens (tertiary/aromatic N) is 2. The number of rotatable bonds is 5. The van der Waals surface area contributed by atoms with E-state index in [2.05, 4.69) is 10.3 Å². The van der Waals surface area contributed by atoms with Gasteiger partial charge in [-0.2, -0.15) is 0 Å². The van der Waals surface area contributed by atoms with Crippen molar-refractivity contribution in [1.29, 1.82) is 0 Å². The molecule has 2 amide bonds. The highest BCUT2D eigenvalue weighted by Crippen LogP contribution is 2.23. The molecule has 0 saturated heterocycles. The second-order valence-electron chi connectivity index (χ2n) is 5.56. The molecule has 0 fully saturated rings. The van der Waals surface area contributed by atoms with Crippen LogP contribution in [0.15, 0.2) is 58.2 Å². The highest BCUT2D eigenvalue weighted by molar-refractivity contribution is 7.99. The molecule has 0 aliphatic carbocycles. The Morgan fingerprint density at radius 1 is 1.12 bits per heavy atom. The molecule has 3 aromatic rings. The quantitative estimate of drug-likeness (QED) is 0.711. The second kappa shape index (κ2) is 7.40. The third-order valence-electron chi connectivity index (χ3n) is 3.42. The molecule has 0 aliphatic heterocycles. The standard InChI is InChI=1S/C18H17N3O3S/c1-21(2)17(23)12-7-9-13(10-8-12)19-16(22)11-25-18-20-14-5-3-4-6-15(14)24-18/h3-10H,11H2,1-2H3,(H,19,22). The maximum absolute atomic E-state index is 12.1. The van der Waals surface area contributed by atoms with Crippen molar-refractivity contribution in [2.24, 2.45) is 0 Å². The number of carbonyl (C=O) groups excluding carboxylic acids is 2. The van der Waals surface area contributed by atoms with Gasteiger partial charge in [-0.15, -0.1) is 0 Å². The Bertz CT molecular complexity index is 870. The summed E-state index contributed by atoms with van der Waals surface area (Å²) in [6.07, 6.45) is 0. The fraction of sp³-hybridized carbons (Fsp3) is 0.167. The topological polar surface area (TPSA) is 75.4 Å². The van der Waals surface area contributed by atoms with E-state index in [9.17, 15) is 9.59 Å². The molecular weight excluding hydrogens is 338 g/mol. The highest BCUT2D eigenvalue weighted by atomic mass is 32.2. The third kappa shape index (κ3) is 4.19. The Kier molecular flexibility index (Phi) is 5.04. The number of nitrogens with one attached hydrogen (secondary N) is 1. The number of anilines is 1. The molecule has 25 heavy (non-hydrogen) atoms. The summed E-state index contributed by atoms with van der Waals surface area (Å²) in [6.45, 7) is 0. The van der Waals surface area contributed by atoms with E-state index in [-0.39, 0.29) is 17.6 Å². The van der Waals surface area contributed by atoms with Gasteiger partial charge in [0.05, 0.1) is 5.75 Å². The van der Waals surface area contributed by atoms with Crippen LogP contribution in [0.1, 0.15) is 10.4 Å². The summed E-state index contributed by atoms with van der Waals surface area (Å²) in [6, 6.07) is 14.2. The van der Waals surface area contributed by atoms with Gasteiger partial charge in [0.1, 0.15) is 5.52 Å². The zero-order chi connectivity index (χ0) is 17.8. The van der Waals surface area contributed by atoms with E-state index in [4.69, 9.17) is 4.42 Å². The lowest BCUT2D eigenvalue weighted by atomic mass is 10.2. The van der Waals surface area contributed by atoms with Crippen molar-refractivity contribution in [2.45, 2.75) is 5.22 Å². The second-order valence-corrected chi connectivity index (χ2v) is 6.49. The minimum Gasteiger partial charge on any atom is -0.431 e. The third-order valence-corrected chi connectivity index (χ3v) is 4.25. The van der Waals surface area contributed by atoms with E-state index in [1.165, 1.54) is 16.7 Å². The zero-order valence-electron chi connectivity index (χ0n) is 13.9. The average Bonchev–Trinajstić information content (AvgIpc) is 3.03. The number of para-hydroxylation sites is 2. The first-order chi connectivity index (χ1) is 12.0. The van der Waals surface area contributed by atoms with Crippen molar-refractivity contribution in [3.63, 3.8) is 0 Å². The Morgan fingerprint density at radius 3 is 2.52 bits per heavy atom. The Hall–Kier alpha value is -2.80. The molecule has 0 spiro atoms. The lowest BCUT2D eigenvalue weighted by molar-refractivity contribution is -0.113. The number of amides is 2. The van der Waals surface area contributed by atoms with Gasteiger partial charge in [-0.3, -0.25) is 9.59 Å². The van der Waals surface area contributed by atoms with E-state index < -0.39 is 0 Å². The Labute approximate surface area is 149 Å². The molecule has 7 heteroatoms. The minimum absolute atomic E-state index is 0.0793. The molecule has 128 valence electrons.